The maximum absolute atomic E-state index is 11.4. The van der Waals surface area contributed by atoms with Gasteiger partial charge in [-0.2, -0.15) is 10.1 Å². The van der Waals surface area contributed by atoms with Gasteiger partial charge in [0.15, 0.2) is 11.6 Å². The van der Waals surface area contributed by atoms with E-state index in [1.807, 2.05) is 17.0 Å². The van der Waals surface area contributed by atoms with Crippen molar-refractivity contribution in [2.45, 2.75) is 25.2 Å². The van der Waals surface area contributed by atoms with Gasteiger partial charge in [-0.3, -0.25) is 9.89 Å². The number of carboxylic acids is 1. The van der Waals surface area contributed by atoms with Crippen molar-refractivity contribution in [3.63, 3.8) is 0 Å². The molecule has 3 aromatic heterocycles. The number of aromatic amines is 1. The molecule has 6 rings (SSSR count). The van der Waals surface area contributed by atoms with Gasteiger partial charge >= 0.3 is 5.97 Å². The lowest BCUT2D eigenvalue weighted by atomic mass is 10.1. The Balaban J connectivity index is 1.44. The summed E-state index contributed by atoms with van der Waals surface area (Å²) >= 11 is 1.65. The van der Waals surface area contributed by atoms with E-state index in [2.05, 4.69) is 33.7 Å². The fourth-order valence-electron chi connectivity index (χ4n) is 4.07. The van der Waals surface area contributed by atoms with Crippen molar-refractivity contribution in [1.82, 2.24) is 20.2 Å². The zero-order chi connectivity index (χ0) is 20.2. The number of H-pyrrole nitrogens is 1. The minimum absolute atomic E-state index is 0.382. The first-order valence-corrected chi connectivity index (χ1v) is 11.0. The van der Waals surface area contributed by atoms with Crippen LogP contribution in [0, 0.1) is 5.92 Å². The molecule has 1 aromatic carbocycles. The lowest BCUT2D eigenvalue weighted by molar-refractivity contribution is -0.140. The second-order valence-electron chi connectivity index (χ2n) is 8.03. The molecule has 30 heavy (non-hydrogen) atoms. The van der Waals surface area contributed by atoms with Gasteiger partial charge in [0.2, 0.25) is 5.95 Å². The van der Waals surface area contributed by atoms with Gasteiger partial charge in [0.1, 0.15) is 0 Å². The number of carbonyl (C=O) groups is 1. The Morgan fingerprint density at radius 3 is 2.90 bits per heavy atom. The molecular formula is C21H20N6O2S. The molecule has 1 saturated heterocycles. The molecule has 1 aliphatic carbocycles. The molecule has 0 bridgehead atoms. The highest BCUT2D eigenvalue weighted by Crippen LogP contribution is 2.41. The van der Waals surface area contributed by atoms with Crippen LogP contribution in [0.4, 0.5) is 17.6 Å². The van der Waals surface area contributed by atoms with Crippen LogP contribution in [0.2, 0.25) is 0 Å². The molecule has 4 aromatic rings. The fourth-order valence-corrected chi connectivity index (χ4v) is 5.16. The van der Waals surface area contributed by atoms with E-state index in [9.17, 15) is 9.90 Å². The van der Waals surface area contributed by atoms with Gasteiger partial charge in [0.25, 0.3) is 0 Å². The van der Waals surface area contributed by atoms with E-state index in [4.69, 9.17) is 9.97 Å². The highest BCUT2D eigenvalue weighted by Gasteiger charge is 2.30. The number of fused-ring (bicyclic) bond motifs is 3. The molecule has 9 heteroatoms. The van der Waals surface area contributed by atoms with E-state index in [-0.39, 0.29) is 5.92 Å². The van der Waals surface area contributed by atoms with Crippen LogP contribution in [0.15, 0.2) is 30.3 Å². The van der Waals surface area contributed by atoms with E-state index in [0.29, 0.717) is 37.2 Å². The third-order valence-electron chi connectivity index (χ3n) is 5.89. The lowest BCUT2D eigenvalue weighted by Gasteiger charge is -2.17. The van der Waals surface area contributed by atoms with Crippen molar-refractivity contribution in [1.29, 1.82) is 0 Å². The SMILES string of the molecule is O=C(O)C1CCN(c2nc(Nc3cc(C4CC4)[nH]n3)c3sc4ccccc4c3n2)C1. The first-order valence-electron chi connectivity index (χ1n) is 10.1. The number of thiophene rings is 1. The van der Waals surface area contributed by atoms with E-state index < -0.39 is 5.97 Å². The summed E-state index contributed by atoms with van der Waals surface area (Å²) in [4.78, 5) is 23.0. The molecule has 2 fully saturated rings. The largest absolute Gasteiger partial charge is 0.481 e. The normalized spacial score (nSPS) is 19.1. The van der Waals surface area contributed by atoms with E-state index in [0.717, 1.165) is 31.8 Å². The predicted octanol–water partition coefficient (Wildman–Crippen LogP) is 4.10. The maximum Gasteiger partial charge on any atom is 0.308 e. The second-order valence-corrected chi connectivity index (χ2v) is 9.08. The predicted molar refractivity (Wildman–Crippen MR) is 117 cm³/mol. The highest BCUT2D eigenvalue weighted by molar-refractivity contribution is 7.26. The standard InChI is InChI=1S/C21H20N6O2S/c28-20(29)12-7-8-27(10-12)21-23-17-13-3-1-2-4-15(13)30-18(17)19(24-21)22-16-9-14(25-26-16)11-5-6-11/h1-4,9,11-12H,5-8,10H2,(H,28,29)(H2,22,23,24,25,26). The van der Waals surface area contributed by atoms with E-state index in [1.54, 1.807) is 11.3 Å². The molecule has 0 amide bonds. The number of aliphatic carboxylic acids is 1. The maximum atomic E-state index is 11.4. The van der Waals surface area contributed by atoms with Crippen LogP contribution in [0.25, 0.3) is 20.3 Å². The van der Waals surface area contributed by atoms with E-state index in [1.165, 1.54) is 12.8 Å². The summed E-state index contributed by atoms with van der Waals surface area (Å²) in [5.41, 5.74) is 2.04. The summed E-state index contributed by atoms with van der Waals surface area (Å²) in [5, 5.41) is 21.4. The van der Waals surface area contributed by atoms with E-state index >= 15 is 0 Å². The van der Waals surface area contributed by atoms with Gasteiger partial charge in [-0.15, -0.1) is 11.3 Å². The Kier molecular flexibility index (Phi) is 3.92. The Bertz CT molecular complexity index is 1280. The molecule has 8 nitrogen and oxygen atoms in total. The molecule has 1 atom stereocenters. The quantitative estimate of drug-likeness (QED) is 0.446. The summed E-state index contributed by atoms with van der Waals surface area (Å²) in [5.74, 6) is 1.47. The molecule has 4 heterocycles. The van der Waals surface area contributed by atoms with Crippen LogP contribution in [0.1, 0.15) is 30.9 Å². The lowest BCUT2D eigenvalue weighted by Crippen LogP contribution is -2.24. The zero-order valence-electron chi connectivity index (χ0n) is 16.1. The molecule has 1 unspecified atom stereocenters. The first-order chi connectivity index (χ1) is 14.7. The molecule has 152 valence electrons. The minimum Gasteiger partial charge on any atom is -0.481 e. The monoisotopic (exact) mass is 420 g/mol. The molecule has 2 aliphatic rings. The van der Waals surface area contributed by atoms with Crippen molar-refractivity contribution in [3.8, 4) is 0 Å². The number of hydrogen-bond donors (Lipinski definition) is 3. The van der Waals surface area contributed by atoms with Gasteiger partial charge in [-0.25, -0.2) is 4.98 Å². The van der Waals surface area contributed by atoms with Crippen LogP contribution in [-0.4, -0.2) is 44.3 Å². The Hall–Kier alpha value is -3.20. The first kappa shape index (κ1) is 17.6. The van der Waals surface area contributed by atoms with Gasteiger partial charge < -0.3 is 15.3 Å². The topological polar surface area (TPSA) is 107 Å². The highest BCUT2D eigenvalue weighted by atomic mass is 32.1. The van der Waals surface area contributed by atoms with Crippen molar-refractivity contribution in [2.75, 3.05) is 23.3 Å². The Morgan fingerprint density at radius 2 is 2.10 bits per heavy atom. The summed E-state index contributed by atoms with van der Waals surface area (Å²) in [6.07, 6.45) is 3.02. The van der Waals surface area contributed by atoms with Gasteiger partial charge in [-0.05, 0) is 25.3 Å². The smallest absolute Gasteiger partial charge is 0.308 e. The summed E-state index contributed by atoms with van der Waals surface area (Å²) in [7, 11) is 0. The number of nitrogens with one attached hydrogen (secondary N) is 2. The molecule has 1 aliphatic heterocycles. The third-order valence-corrected chi connectivity index (χ3v) is 7.06. The average molecular weight is 420 g/mol. The average Bonchev–Trinajstić information content (AvgIpc) is 3.16. The summed E-state index contributed by atoms with van der Waals surface area (Å²) < 4.78 is 2.12. The number of aromatic nitrogens is 4. The Labute approximate surface area is 176 Å². The number of anilines is 3. The second kappa shape index (κ2) is 6.66. The van der Waals surface area contributed by atoms with Gasteiger partial charge in [0.05, 0.1) is 16.1 Å². The van der Waals surface area contributed by atoms with Gasteiger partial charge in [0, 0.05) is 40.9 Å². The van der Waals surface area contributed by atoms with Crippen molar-refractivity contribution in [2.24, 2.45) is 5.92 Å². The Morgan fingerprint density at radius 1 is 1.23 bits per heavy atom. The van der Waals surface area contributed by atoms with Crippen LogP contribution in [0.3, 0.4) is 0 Å². The summed E-state index contributed by atoms with van der Waals surface area (Å²) in [6.45, 7) is 1.06. The van der Waals surface area contributed by atoms with Crippen LogP contribution in [-0.2, 0) is 4.79 Å². The minimum atomic E-state index is -0.762. The molecule has 0 spiro atoms. The fraction of sp³-hybridized carbons (Fsp3) is 0.333. The number of carboxylic acid groups (broad SMARTS) is 1. The molecule has 0 radical (unpaired) electrons. The number of nitrogens with zero attached hydrogens (tertiary/aromatic N) is 4. The van der Waals surface area contributed by atoms with Gasteiger partial charge in [-0.1, -0.05) is 18.2 Å². The van der Waals surface area contributed by atoms with Crippen molar-refractivity contribution < 1.29 is 9.90 Å². The van der Waals surface area contributed by atoms with Crippen LogP contribution in [0.5, 0.6) is 0 Å². The molecule has 1 saturated carbocycles. The van der Waals surface area contributed by atoms with Crippen LogP contribution >= 0.6 is 11.3 Å². The molecular weight excluding hydrogens is 400 g/mol. The third kappa shape index (κ3) is 2.97. The van der Waals surface area contributed by atoms with Crippen molar-refractivity contribution in [3.05, 3.63) is 36.0 Å². The summed E-state index contributed by atoms with van der Waals surface area (Å²) in [6, 6.07) is 10.2. The number of rotatable bonds is 5. The van der Waals surface area contributed by atoms with Crippen molar-refractivity contribution >= 4 is 55.2 Å². The number of benzene rings is 1. The molecule has 3 N–H and O–H groups in total. The number of hydrogen-bond acceptors (Lipinski definition) is 7. The van der Waals surface area contributed by atoms with Crippen LogP contribution < -0.4 is 10.2 Å². The zero-order valence-corrected chi connectivity index (χ0v) is 16.9.